The quantitative estimate of drug-likeness (QED) is 0.751. The Bertz CT molecular complexity index is 259. The molecular weight excluding hydrogens is 196 g/mol. The van der Waals surface area contributed by atoms with Crippen molar-refractivity contribution in [3.8, 4) is 0 Å². The van der Waals surface area contributed by atoms with Crippen LogP contribution >= 0.6 is 0 Å². The highest BCUT2D eigenvalue weighted by Gasteiger charge is 2.39. The fourth-order valence-corrected chi connectivity index (χ4v) is 2.38. The first kappa shape index (κ1) is 12.0. The molecule has 0 bridgehead atoms. The Kier molecular flexibility index (Phi) is 3.72. The van der Waals surface area contributed by atoms with Crippen LogP contribution in [0.4, 0.5) is 0 Å². The Morgan fingerprint density at radius 1 is 1.07 bits per heavy atom. The molecule has 0 radical (unpaired) electrons. The number of aliphatic carboxylic acids is 2. The number of hydrogen-bond donors (Lipinski definition) is 2. The molecule has 0 aliphatic heterocycles. The van der Waals surface area contributed by atoms with E-state index in [0.717, 1.165) is 6.42 Å². The van der Waals surface area contributed by atoms with Crippen molar-refractivity contribution in [3.05, 3.63) is 0 Å². The second kappa shape index (κ2) is 4.64. The first-order valence-corrected chi connectivity index (χ1v) is 5.39. The minimum atomic E-state index is -0.968. The second-order valence-corrected chi connectivity index (χ2v) is 4.71. The molecule has 3 unspecified atom stereocenters. The highest BCUT2D eigenvalue weighted by atomic mass is 16.4. The average Bonchev–Trinajstić information content (AvgIpc) is 2.16. The molecule has 1 aliphatic rings. The van der Waals surface area contributed by atoms with Gasteiger partial charge in [-0.3, -0.25) is 9.59 Å². The average molecular weight is 214 g/mol. The summed E-state index contributed by atoms with van der Waals surface area (Å²) in [6.07, 6.45) is 1.83. The maximum absolute atomic E-state index is 11.0. The van der Waals surface area contributed by atoms with E-state index in [9.17, 15) is 9.59 Å². The molecular formula is C11H18O4. The smallest absolute Gasteiger partial charge is 0.307 e. The van der Waals surface area contributed by atoms with E-state index < -0.39 is 23.8 Å². The van der Waals surface area contributed by atoms with Gasteiger partial charge in [0, 0.05) is 0 Å². The first-order chi connectivity index (χ1) is 6.93. The molecule has 0 aromatic carbocycles. The van der Waals surface area contributed by atoms with Crippen LogP contribution in [0, 0.1) is 23.7 Å². The highest BCUT2D eigenvalue weighted by Crippen LogP contribution is 2.37. The zero-order valence-electron chi connectivity index (χ0n) is 9.14. The van der Waals surface area contributed by atoms with Crippen LogP contribution < -0.4 is 0 Å². The predicted molar refractivity (Wildman–Crippen MR) is 54.4 cm³/mol. The summed E-state index contributed by atoms with van der Waals surface area (Å²) in [6.45, 7) is 4.12. The molecule has 1 rings (SSSR count). The predicted octanol–water partition coefficient (Wildman–Crippen LogP) is 1.84. The summed E-state index contributed by atoms with van der Waals surface area (Å²) < 4.78 is 0. The fourth-order valence-electron chi connectivity index (χ4n) is 2.38. The molecule has 15 heavy (non-hydrogen) atoms. The van der Waals surface area contributed by atoms with Crippen molar-refractivity contribution in [1.29, 1.82) is 0 Å². The normalized spacial score (nSPS) is 31.5. The molecule has 0 spiro atoms. The Morgan fingerprint density at radius 2 is 1.60 bits per heavy atom. The molecule has 0 aromatic heterocycles. The van der Waals surface area contributed by atoms with Gasteiger partial charge in [0.25, 0.3) is 0 Å². The van der Waals surface area contributed by atoms with E-state index in [2.05, 4.69) is 13.8 Å². The molecule has 0 amide bonds. The highest BCUT2D eigenvalue weighted by molar-refractivity contribution is 5.80. The van der Waals surface area contributed by atoms with Crippen molar-refractivity contribution in [2.45, 2.75) is 33.1 Å². The van der Waals surface area contributed by atoms with Gasteiger partial charge < -0.3 is 10.2 Å². The van der Waals surface area contributed by atoms with E-state index in [4.69, 9.17) is 10.2 Å². The molecule has 4 nitrogen and oxygen atoms in total. The number of carboxylic acid groups (broad SMARTS) is 2. The minimum absolute atomic E-state index is 0.349. The van der Waals surface area contributed by atoms with Gasteiger partial charge in [0.2, 0.25) is 0 Å². The molecule has 0 heterocycles. The van der Waals surface area contributed by atoms with Gasteiger partial charge in [0.1, 0.15) is 0 Å². The molecule has 3 atom stereocenters. The third-order valence-electron chi connectivity index (χ3n) is 3.47. The van der Waals surface area contributed by atoms with Crippen LogP contribution in [0.25, 0.3) is 0 Å². The van der Waals surface area contributed by atoms with Crippen LogP contribution in [0.5, 0.6) is 0 Å². The largest absolute Gasteiger partial charge is 0.481 e. The summed E-state index contributed by atoms with van der Waals surface area (Å²) in [7, 11) is 0. The van der Waals surface area contributed by atoms with Crippen LogP contribution in [0.3, 0.4) is 0 Å². The Hall–Kier alpha value is -1.06. The maximum atomic E-state index is 11.0. The summed E-state index contributed by atoms with van der Waals surface area (Å²) in [5.74, 6) is -2.55. The fraction of sp³-hybridized carbons (Fsp3) is 0.818. The van der Waals surface area contributed by atoms with Crippen LogP contribution in [0.2, 0.25) is 0 Å². The summed E-state index contributed by atoms with van der Waals surface area (Å²) in [5.41, 5.74) is 0. The molecule has 1 saturated carbocycles. The van der Waals surface area contributed by atoms with Crippen molar-refractivity contribution < 1.29 is 19.8 Å². The summed E-state index contributed by atoms with van der Waals surface area (Å²) in [4.78, 5) is 21.9. The van der Waals surface area contributed by atoms with Crippen molar-refractivity contribution in [1.82, 2.24) is 0 Å². The van der Waals surface area contributed by atoms with E-state index in [-0.39, 0.29) is 0 Å². The maximum Gasteiger partial charge on any atom is 0.307 e. The lowest BCUT2D eigenvalue weighted by Gasteiger charge is -2.33. The number of rotatable bonds is 3. The van der Waals surface area contributed by atoms with Crippen molar-refractivity contribution in [2.75, 3.05) is 0 Å². The summed E-state index contributed by atoms with van der Waals surface area (Å²) >= 11 is 0. The molecule has 1 fully saturated rings. The number of carboxylic acids is 2. The zero-order valence-corrected chi connectivity index (χ0v) is 9.14. The van der Waals surface area contributed by atoms with Crippen LogP contribution in [-0.2, 0) is 9.59 Å². The van der Waals surface area contributed by atoms with Crippen molar-refractivity contribution in [2.24, 2.45) is 23.7 Å². The molecule has 86 valence electrons. The summed E-state index contributed by atoms with van der Waals surface area (Å²) in [6, 6.07) is 0. The molecule has 4 heteroatoms. The third kappa shape index (κ3) is 2.70. The van der Waals surface area contributed by atoms with E-state index >= 15 is 0 Å². The molecule has 0 aromatic rings. The van der Waals surface area contributed by atoms with Gasteiger partial charge in [-0.2, -0.15) is 0 Å². The van der Waals surface area contributed by atoms with E-state index in [1.165, 1.54) is 0 Å². The van der Waals surface area contributed by atoms with E-state index in [1.54, 1.807) is 0 Å². The lowest BCUT2D eigenvalue weighted by Crippen LogP contribution is -2.36. The molecule has 2 N–H and O–H groups in total. The van der Waals surface area contributed by atoms with Gasteiger partial charge in [0.15, 0.2) is 0 Å². The monoisotopic (exact) mass is 214 g/mol. The number of carbonyl (C=O) groups is 2. The van der Waals surface area contributed by atoms with Crippen molar-refractivity contribution in [3.63, 3.8) is 0 Å². The standard InChI is InChI=1S/C11H18O4/c1-6(2)7-3-4-8(10(12)13)9(5-7)11(14)15/h6-9H,3-5H2,1-2H3,(H,12,13)(H,14,15). The lowest BCUT2D eigenvalue weighted by atomic mass is 9.70. The van der Waals surface area contributed by atoms with Gasteiger partial charge >= 0.3 is 11.9 Å². The lowest BCUT2D eigenvalue weighted by molar-refractivity contribution is -0.157. The van der Waals surface area contributed by atoms with Gasteiger partial charge in [-0.1, -0.05) is 13.8 Å². The second-order valence-electron chi connectivity index (χ2n) is 4.71. The topological polar surface area (TPSA) is 74.6 Å². The first-order valence-electron chi connectivity index (χ1n) is 5.39. The van der Waals surface area contributed by atoms with Gasteiger partial charge in [-0.15, -0.1) is 0 Å². The third-order valence-corrected chi connectivity index (χ3v) is 3.47. The zero-order chi connectivity index (χ0) is 11.6. The van der Waals surface area contributed by atoms with Gasteiger partial charge in [-0.25, -0.2) is 0 Å². The SMILES string of the molecule is CC(C)C1CCC(C(=O)O)C(C(=O)O)C1. The molecule has 0 saturated heterocycles. The van der Waals surface area contributed by atoms with Crippen LogP contribution in [0.15, 0.2) is 0 Å². The van der Waals surface area contributed by atoms with Crippen LogP contribution in [-0.4, -0.2) is 22.2 Å². The Morgan fingerprint density at radius 3 is 2.00 bits per heavy atom. The minimum Gasteiger partial charge on any atom is -0.481 e. The summed E-state index contributed by atoms with van der Waals surface area (Å²) in [5, 5.41) is 17.9. The van der Waals surface area contributed by atoms with E-state index in [0.29, 0.717) is 24.7 Å². The number of hydrogen-bond acceptors (Lipinski definition) is 2. The Balaban J connectivity index is 2.74. The van der Waals surface area contributed by atoms with Crippen molar-refractivity contribution >= 4 is 11.9 Å². The van der Waals surface area contributed by atoms with Gasteiger partial charge in [0.05, 0.1) is 11.8 Å². The van der Waals surface area contributed by atoms with Crippen LogP contribution in [0.1, 0.15) is 33.1 Å². The van der Waals surface area contributed by atoms with Gasteiger partial charge in [-0.05, 0) is 31.1 Å². The van der Waals surface area contributed by atoms with E-state index in [1.807, 2.05) is 0 Å². The molecule has 1 aliphatic carbocycles. The Labute approximate surface area is 89.3 Å².